The van der Waals surface area contributed by atoms with Crippen LogP contribution in [-0.2, 0) is 0 Å². The zero-order valence-corrected chi connectivity index (χ0v) is 14.1. The van der Waals surface area contributed by atoms with Gasteiger partial charge in [-0.2, -0.15) is 0 Å². The Morgan fingerprint density at radius 3 is 2.43 bits per heavy atom. The summed E-state index contributed by atoms with van der Waals surface area (Å²) in [6, 6.07) is 3.87. The van der Waals surface area contributed by atoms with Crippen LogP contribution in [0.5, 0.6) is 11.5 Å². The molecule has 3 nitrogen and oxygen atoms in total. The average molecular weight is 312 g/mol. The minimum Gasteiger partial charge on any atom is -0.493 e. The minimum atomic E-state index is -0.00254. The number of rotatable bonds is 4. The first kappa shape index (κ1) is 16.4. The van der Waals surface area contributed by atoms with Crippen LogP contribution in [-0.4, -0.2) is 14.2 Å². The maximum Gasteiger partial charge on any atom is 0.179 e. The Balaban J connectivity index is 2.23. The predicted octanol–water partition coefficient (Wildman–Crippen LogP) is 4.43. The average Bonchev–Trinajstić information content (AvgIpc) is 2.48. The molecule has 118 valence electrons. The molecular weight excluding hydrogens is 286 g/mol. The van der Waals surface area contributed by atoms with Crippen molar-refractivity contribution >= 4 is 11.6 Å². The summed E-state index contributed by atoms with van der Waals surface area (Å²) in [5.41, 5.74) is 7.54. The second-order valence-electron chi connectivity index (χ2n) is 6.29. The summed E-state index contributed by atoms with van der Waals surface area (Å²) >= 11 is 6.29. The van der Waals surface area contributed by atoms with Crippen molar-refractivity contribution in [2.24, 2.45) is 23.5 Å². The Bertz CT molecular complexity index is 492. The summed E-state index contributed by atoms with van der Waals surface area (Å²) in [5, 5.41) is 0.555. The van der Waals surface area contributed by atoms with Crippen molar-refractivity contribution in [3.8, 4) is 11.5 Å². The Labute approximate surface area is 132 Å². The fraction of sp³-hybridized carbons (Fsp3) is 0.647. The first-order valence-corrected chi connectivity index (χ1v) is 8.02. The quantitative estimate of drug-likeness (QED) is 0.894. The molecular formula is C17H26ClNO2. The zero-order chi connectivity index (χ0) is 15.6. The van der Waals surface area contributed by atoms with Crippen molar-refractivity contribution in [2.45, 2.75) is 39.2 Å². The van der Waals surface area contributed by atoms with Crippen molar-refractivity contribution in [3.05, 3.63) is 22.7 Å². The van der Waals surface area contributed by atoms with Gasteiger partial charge in [-0.05, 0) is 48.3 Å². The molecule has 0 spiro atoms. The highest BCUT2D eigenvalue weighted by Gasteiger charge is 2.30. The highest BCUT2D eigenvalue weighted by molar-refractivity contribution is 6.32. The van der Waals surface area contributed by atoms with E-state index < -0.39 is 0 Å². The van der Waals surface area contributed by atoms with Crippen LogP contribution in [0, 0.1) is 17.8 Å². The van der Waals surface area contributed by atoms with Gasteiger partial charge in [0.15, 0.2) is 11.5 Å². The molecule has 0 amide bonds. The topological polar surface area (TPSA) is 44.5 Å². The largest absolute Gasteiger partial charge is 0.493 e. The van der Waals surface area contributed by atoms with E-state index >= 15 is 0 Å². The van der Waals surface area contributed by atoms with Crippen molar-refractivity contribution in [3.63, 3.8) is 0 Å². The summed E-state index contributed by atoms with van der Waals surface area (Å²) in [6.45, 7) is 4.66. The van der Waals surface area contributed by atoms with Crippen molar-refractivity contribution < 1.29 is 9.47 Å². The number of methoxy groups -OCH3 is 2. The SMILES string of the molecule is COc1cc(C(N)C2CCC(C)C(C)C2)cc(Cl)c1OC. The lowest BCUT2D eigenvalue weighted by atomic mass is 9.72. The highest BCUT2D eigenvalue weighted by atomic mass is 35.5. The maximum atomic E-state index is 6.51. The van der Waals surface area contributed by atoms with Crippen LogP contribution in [0.15, 0.2) is 12.1 Å². The molecule has 1 saturated carbocycles. The molecule has 2 rings (SSSR count). The second-order valence-corrected chi connectivity index (χ2v) is 6.70. The van der Waals surface area contributed by atoms with Crippen LogP contribution in [0.1, 0.15) is 44.7 Å². The number of benzene rings is 1. The molecule has 0 heterocycles. The van der Waals surface area contributed by atoms with E-state index in [2.05, 4.69) is 13.8 Å². The van der Waals surface area contributed by atoms with Crippen LogP contribution in [0.3, 0.4) is 0 Å². The third-order valence-electron chi connectivity index (χ3n) is 4.99. The Morgan fingerprint density at radius 2 is 1.86 bits per heavy atom. The molecule has 1 aliphatic rings. The van der Waals surface area contributed by atoms with E-state index in [1.807, 2.05) is 12.1 Å². The third kappa shape index (κ3) is 3.46. The summed E-state index contributed by atoms with van der Waals surface area (Å²) in [7, 11) is 3.21. The molecule has 0 aromatic heterocycles. The first-order chi connectivity index (χ1) is 9.97. The van der Waals surface area contributed by atoms with Gasteiger partial charge in [0.05, 0.1) is 19.2 Å². The van der Waals surface area contributed by atoms with Crippen LogP contribution < -0.4 is 15.2 Å². The normalized spacial score (nSPS) is 27.2. The molecule has 0 saturated heterocycles. The molecule has 1 fully saturated rings. The summed E-state index contributed by atoms with van der Waals surface area (Å²) < 4.78 is 10.6. The van der Waals surface area contributed by atoms with Crippen molar-refractivity contribution in [1.82, 2.24) is 0 Å². The molecule has 1 aromatic carbocycles. The van der Waals surface area contributed by atoms with Gasteiger partial charge in [-0.15, -0.1) is 0 Å². The van der Waals surface area contributed by atoms with E-state index in [-0.39, 0.29) is 6.04 Å². The number of nitrogens with two attached hydrogens (primary N) is 1. The molecule has 0 radical (unpaired) electrons. The standard InChI is InChI=1S/C17H26ClNO2/c1-10-5-6-12(7-11(10)2)16(19)13-8-14(18)17(21-4)15(9-13)20-3/h8-12,16H,5-7,19H2,1-4H3. The highest BCUT2D eigenvalue weighted by Crippen LogP contribution is 2.42. The van der Waals surface area contributed by atoms with Gasteiger partial charge in [-0.25, -0.2) is 0 Å². The van der Waals surface area contributed by atoms with Gasteiger partial charge in [0.2, 0.25) is 0 Å². The van der Waals surface area contributed by atoms with Crippen molar-refractivity contribution in [2.75, 3.05) is 14.2 Å². The van der Waals surface area contributed by atoms with Gasteiger partial charge in [-0.3, -0.25) is 0 Å². The molecule has 0 bridgehead atoms. The van der Waals surface area contributed by atoms with Crippen LogP contribution in [0.4, 0.5) is 0 Å². The third-order valence-corrected chi connectivity index (χ3v) is 5.27. The molecule has 4 heteroatoms. The van der Waals surface area contributed by atoms with Crippen LogP contribution >= 0.6 is 11.6 Å². The Morgan fingerprint density at radius 1 is 1.14 bits per heavy atom. The van der Waals surface area contributed by atoms with Gasteiger partial charge < -0.3 is 15.2 Å². The van der Waals surface area contributed by atoms with Gasteiger partial charge in [0.1, 0.15) is 0 Å². The monoisotopic (exact) mass is 311 g/mol. The lowest BCUT2D eigenvalue weighted by molar-refractivity contribution is 0.186. The summed E-state index contributed by atoms with van der Waals surface area (Å²) in [5.74, 6) is 3.24. The molecule has 0 aliphatic heterocycles. The van der Waals surface area contributed by atoms with Gasteiger partial charge >= 0.3 is 0 Å². The van der Waals surface area contributed by atoms with E-state index in [1.165, 1.54) is 19.3 Å². The van der Waals surface area contributed by atoms with Crippen LogP contribution in [0.2, 0.25) is 5.02 Å². The molecule has 1 aromatic rings. The number of hydrogen-bond acceptors (Lipinski definition) is 3. The second kappa shape index (κ2) is 6.89. The Kier molecular flexibility index (Phi) is 5.39. The molecule has 4 atom stereocenters. The van der Waals surface area contributed by atoms with E-state index in [0.717, 1.165) is 17.4 Å². The van der Waals surface area contributed by atoms with Gasteiger partial charge in [-0.1, -0.05) is 31.9 Å². The van der Waals surface area contributed by atoms with Crippen molar-refractivity contribution in [1.29, 1.82) is 0 Å². The Hall–Kier alpha value is -0.930. The van der Waals surface area contributed by atoms with Gasteiger partial charge in [0.25, 0.3) is 0 Å². The van der Waals surface area contributed by atoms with E-state index in [0.29, 0.717) is 22.4 Å². The molecule has 4 unspecified atom stereocenters. The predicted molar refractivity (Wildman–Crippen MR) is 87.2 cm³/mol. The lowest BCUT2D eigenvalue weighted by Gasteiger charge is -2.35. The number of ether oxygens (including phenoxy) is 2. The fourth-order valence-electron chi connectivity index (χ4n) is 3.32. The van der Waals surface area contributed by atoms with Gasteiger partial charge in [0, 0.05) is 6.04 Å². The summed E-state index contributed by atoms with van der Waals surface area (Å²) in [6.07, 6.45) is 3.60. The number of halogens is 1. The summed E-state index contributed by atoms with van der Waals surface area (Å²) in [4.78, 5) is 0. The molecule has 2 N–H and O–H groups in total. The van der Waals surface area contributed by atoms with E-state index in [4.69, 9.17) is 26.8 Å². The number of hydrogen-bond donors (Lipinski definition) is 1. The maximum absolute atomic E-state index is 6.51. The molecule has 21 heavy (non-hydrogen) atoms. The lowest BCUT2D eigenvalue weighted by Crippen LogP contribution is -2.29. The fourth-order valence-corrected chi connectivity index (χ4v) is 3.61. The molecule has 1 aliphatic carbocycles. The zero-order valence-electron chi connectivity index (χ0n) is 13.4. The van der Waals surface area contributed by atoms with E-state index in [9.17, 15) is 0 Å². The first-order valence-electron chi connectivity index (χ1n) is 7.64. The smallest absolute Gasteiger partial charge is 0.179 e. The van der Waals surface area contributed by atoms with Crippen LogP contribution in [0.25, 0.3) is 0 Å². The van der Waals surface area contributed by atoms with E-state index in [1.54, 1.807) is 14.2 Å². The minimum absolute atomic E-state index is 0.00254.